The molecule has 0 amide bonds. The van der Waals surface area contributed by atoms with Gasteiger partial charge in [0.15, 0.2) is 17.9 Å². The van der Waals surface area contributed by atoms with Crippen molar-refractivity contribution in [1.82, 2.24) is 0 Å². The molecule has 0 radical (unpaired) electrons. The van der Waals surface area contributed by atoms with Crippen molar-refractivity contribution in [3.63, 3.8) is 0 Å². The second-order valence-corrected chi connectivity index (χ2v) is 8.92. The Kier molecular flexibility index (Phi) is 5.95. The summed E-state index contributed by atoms with van der Waals surface area (Å²) >= 11 is 0. The standard InChI is InChI=1S/C27H27NO6/c1-14-7-9-17-16(11-14)8-10-19-23(17)25(30)18-5-4-6-20(24(18)26(19)31)28-21-12-22(29)34-15(2)27(21)33-13-32-3/h4-11,15,21-22,27-29H,12-13H2,1-3H3/t15-,21+,22?,27-/m0/s1. The second-order valence-electron chi connectivity index (χ2n) is 8.92. The predicted molar refractivity (Wildman–Crippen MR) is 127 cm³/mol. The lowest BCUT2D eigenvalue weighted by molar-refractivity contribution is -0.221. The van der Waals surface area contributed by atoms with Crippen LogP contribution in [0, 0.1) is 6.92 Å². The van der Waals surface area contributed by atoms with Crippen molar-refractivity contribution in [1.29, 1.82) is 0 Å². The molecule has 4 atom stereocenters. The number of aliphatic hydroxyl groups excluding tert-OH is 1. The molecule has 3 aromatic carbocycles. The van der Waals surface area contributed by atoms with Crippen LogP contribution < -0.4 is 5.32 Å². The number of fused-ring (bicyclic) bond motifs is 4. The van der Waals surface area contributed by atoms with Crippen LogP contribution in [0.25, 0.3) is 10.8 Å². The van der Waals surface area contributed by atoms with Crippen molar-refractivity contribution in [2.75, 3.05) is 19.2 Å². The van der Waals surface area contributed by atoms with E-state index in [1.165, 1.54) is 7.11 Å². The first-order valence-electron chi connectivity index (χ1n) is 11.4. The van der Waals surface area contributed by atoms with E-state index in [2.05, 4.69) is 5.32 Å². The maximum Gasteiger partial charge on any atom is 0.196 e. The first kappa shape index (κ1) is 22.7. The molecule has 1 heterocycles. The lowest BCUT2D eigenvalue weighted by Crippen LogP contribution is -2.52. The fraction of sp³-hybridized carbons (Fsp3) is 0.333. The van der Waals surface area contributed by atoms with Crippen molar-refractivity contribution < 1.29 is 28.9 Å². The molecule has 3 aromatic rings. The van der Waals surface area contributed by atoms with Gasteiger partial charge in [-0.3, -0.25) is 9.59 Å². The molecule has 2 N–H and O–H groups in total. The summed E-state index contributed by atoms with van der Waals surface area (Å²) in [7, 11) is 1.53. The normalized spacial score (nSPS) is 24.1. The van der Waals surface area contributed by atoms with Crippen LogP contribution in [0.5, 0.6) is 0 Å². The lowest BCUT2D eigenvalue weighted by atomic mass is 9.80. The number of aryl methyl sites for hydroxylation is 1. The molecular formula is C27H27NO6. The molecule has 1 unspecified atom stereocenters. The van der Waals surface area contributed by atoms with Gasteiger partial charge < -0.3 is 24.6 Å². The summed E-state index contributed by atoms with van der Waals surface area (Å²) < 4.78 is 16.4. The highest BCUT2D eigenvalue weighted by atomic mass is 16.7. The van der Waals surface area contributed by atoms with Crippen LogP contribution in [0.1, 0.15) is 50.8 Å². The van der Waals surface area contributed by atoms with Crippen LogP contribution in [0.4, 0.5) is 5.69 Å². The molecule has 1 fully saturated rings. The molecule has 5 rings (SSSR count). The number of anilines is 1. The minimum absolute atomic E-state index is 0.0663. The summed E-state index contributed by atoms with van der Waals surface area (Å²) in [5.74, 6) is -0.375. The molecule has 1 aliphatic carbocycles. The number of carbonyl (C=O) groups is 2. The van der Waals surface area contributed by atoms with Crippen molar-refractivity contribution in [2.24, 2.45) is 0 Å². The number of benzene rings is 3. The Bertz CT molecular complexity index is 1290. The maximum absolute atomic E-state index is 13.7. The quantitative estimate of drug-likeness (QED) is 0.437. The third-order valence-corrected chi connectivity index (χ3v) is 6.59. The van der Waals surface area contributed by atoms with Gasteiger partial charge in [-0.25, -0.2) is 0 Å². The fourth-order valence-corrected chi connectivity index (χ4v) is 5.06. The first-order chi connectivity index (χ1) is 16.4. The van der Waals surface area contributed by atoms with Crippen LogP contribution in [0.3, 0.4) is 0 Å². The Morgan fingerprint density at radius 2 is 1.82 bits per heavy atom. The van der Waals surface area contributed by atoms with Crippen LogP contribution in [0.15, 0.2) is 48.5 Å². The van der Waals surface area contributed by atoms with Gasteiger partial charge in [-0.15, -0.1) is 0 Å². The number of aliphatic hydroxyl groups is 1. The molecule has 0 spiro atoms. The Labute approximate surface area is 197 Å². The fourth-order valence-electron chi connectivity index (χ4n) is 5.06. The van der Waals surface area contributed by atoms with E-state index >= 15 is 0 Å². The van der Waals surface area contributed by atoms with Crippen LogP contribution in [-0.2, 0) is 14.2 Å². The predicted octanol–water partition coefficient (Wildman–Crippen LogP) is 3.82. The van der Waals surface area contributed by atoms with Crippen molar-refractivity contribution in [3.05, 3.63) is 76.3 Å². The van der Waals surface area contributed by atoms with Gasteiger partial charge in [0, 0.05) is 35.9 Å². The zero-order chi connectivity index (χ0) is 24.0. The minimum Gasteiger partial charge on any atom is -0.379 e. The SMILES string of the molecule is COCO[C@H]1[C@H](C)OC(O)C[C@H]1Nc1cccc2c1C(=O)c1ccc3cc(C)ccc3c1C2=O. The van der Waals surface area contributed by atoms with E-state index in [-0.39, 0.29) is 30.8 Å². The van der Waals surface area contributed by atoms with E-state index in [1.54, 1.807) is 24.3 Å². The van der Waals surface area contributed by atoms with Gasteiger partial charge in [0.1, 0.15) is 12.9 Å². The van der Waals surface area contributed by atoms with Crippen LogP contribution in [0.2, 0.25) is 0 Å². The van der Waals surface area contributed by atoms with Crippen LogP contribution in [-0.4, -0.2) is 55.1 Å². The van der Waals surface area contributed by atoms with E-state index < -0.39 is 18.5 Å². The number of hydrogen-bond acceptors (Lipinski definition) is 7. The number of ether oxygens (including phenoxy) is 3. The summed E-state index contributed by atoms with van der Waals surface area (Å²) in [5, 5.41) is 15.3. The topological polar surface area (TPSA) is 94.1 Å². The van der Waals surface area contributed by atoms with Gasteiger partial charge >= 0.3 is 0 Å². The molecule has 2 aliphatic rings. The first-order valence-corrected chi connectivity index (χ1v) is 11.4. The number of hydrogen-bond donors (Lipinski definition) is 2. The maximum atomic E-state index is 13.7. The van der Waals surface area contributed by atoms with Gasteiger partial charge in [0.05, 0.1) is 17.7 Å². The molecule has 7 heteroatoms. The molecule has 1 saturated heterocycles. The zero-order valence-corrected chi connectivity index (χ0v) is 19.3. The number of rotatable bonds is 5. The molecule has 176 valence electrons. The molecule has 0 aromatic heterocycles. The number of nitrogens with one attached hydrogen (secondary N) is 1. The summed E-state index contributed by atoms with van der Waals surface area (Å²) in [6, 6.07) is 14.4. The van der Waals surface area contributed by atoms with E-state index in [4.69, 9.17) is 14.2 Å². The Morgan fingerprint density at radius 1 is 1.06 bits per heavy atom. The number of methoxy groups -OCH3 is 1. The average molecular weight is 462 g/mol. The van der Waals surface area contributed by atoms with Gasteiger partial charge in [-0.1, -0.05) is 42.0 Å². The third kappa shape index (κ3) is 3.80. The van der Waals surface area contributed by atoms with Crippen molar-refractivity contribution in [3.8, 4) is 0 Å². The summed E-state index contributed by atoms with van der Waals surface area (Å²) in [6.45, 7) is 3.88. The molecule has 7 nitrogen and oxygen atoms in total. The smallest absolute Gasteiger partial charge is 0.196 e. The lowest BCUT2D eigenvalue weighted by Gasteiger charge is -2.39. The van der Waals surface area contributed by atoms with E-state index in [9.17, 15) is 14.7 Å². The molecule has 0 bridgehead atoms. The van der Waals surface area contributed by atoms with Crippen LogP contribution >= 0.6 is 0 Å². The average Bonchev–Trinajstić information content (AvgIpc) is 2.81. The minimum atomic E-state index is -0.970. The molecule has 34 heavy (non-hydrogen) atoms. The zero-order valence-electron chi connectivity index (χ0n) is 19.3. The highest BCUT2D eigenvalue weighted by molar-refractivity contribution is 6.33. The Balaban J connectivity index is 1.56. The van der Waals surface area contributed by atoms with Gasteiger partial charge in [0.25, 0.3) is 0 Å². The van der Waals surface area contributed by atoms with Gasteiger partial charge in [-0.2, -0.15) is 0 Å². The number of ketones is 2. The van der Waals surface area contributed by atoms with E-state index in [0.717, 1.165) is 16.3 Å². The third-order valence-electron chi connectivity index (χ3n) is 6.59. The largest absolute Gasteiger partial charge is 0.379 e. The Hall–Kier alpha value is -3.10. The molecular weight excluding hydrogens is 434 g/mol. The summed E-state index contributed by atoms with van der Waals surface area (Å²) in [4.78, 5) is 27.3. The highest BCUT2D eigenvalue weighted by Gasteiger charge is 2.39. The van der Waals surface area contributed by atoms with Gasteiger partial charge in [-0.05, 0) is 36.8 Å². The van der Waals surface area contributed by atoms with E-state index in [1.807, 2.05) is 38.1 Å². The molecule has 0 saturated carbocycles. The van der Waals surface area contributed by atoms with Crippen molar-refractivity contribution >= 4 is 28.0 Å². The summed E-state index contributed by atoms with van der Waals surface area (Å²) in [5.41, 5.74) is 3.17. The van der Waals surface area contributed by atoms with Gasteiger partial charge in [0.2, 0.25) is 0 Å². The summed E-state index contributed by atoms with van der Waals surface area (Å²) in [6.07, 6.45) is -1.54. The second kappa shape index (κ2) is 8.92. The highest BCUT2D eigenvalue weighted by Crippen LogP contribution is 2.37. The van der Waals surface area contributed by atoms with E-state index in [0.29, 0.717) is 27.9 Å². The van der Waals surface area contributed by atoms with Crippen molar-refractivity contribution in [2.45, 2.75) is 44.8 Å². The molecule has 1 aliphatic heterocycles. The Morgan fingerprint density at radius 3 is 2.62 bits per heavy atom. The monoisotopic (exact) mass is 461 g/mol. The number of carbonyl (C=O) groups excluding carboxylic acids is 2.